The molecule has 0 aliphatic rings. The van der Waals surface area contributed by atoms with E-state index in [1.165, 1.54) is 7.11 Å². The van der Waals surface area contributed by atoms with Crippen molar-refractivity contribution in [2.24, 2.45) is 0 Å². The van der Waals surface area contributed by atoms with Gasteiger partial charge in [0, 0.05) is 24.4 Å². The summed E-state index contributed by atoms with van der Waals surface area (Å²) < 4.78 is 15.7. The van der Waals surface area contributed by atoms with Gasteiger partial charge in [-0.2, -0.15) is 4.98 Å². The molecule has 0 fully saturated rings. The van der Waals surface area contributed by atoms with E-state index in [-0.39, 0.29) is 5.97 Å². The number of anilines is 2. The third kappa shape index (κ3) is 5.54. The highest BCUT2D eigenvalue weighted by Crippen LogP contribution is 2.26. The monoisotopic (exact) mass is 439 g/mol. The minimum atomic E-state index is -0.519. The SMILES string of the molecule is CCCC[C@@H](Nc1nc(NCc2ccc(OC)cc2OC)nc2cccnc12)C(=O)OC. The molecule has 32 heavy (non-hydrogen) atoms. The van der Waals surface area contributed by atoms with Gasteiger partial charge >= 0.3 is 5.97 Å². The standard InChI is InChI=1S/C23H29N5O4/c1-5-6-8-18(22(29)32-4)26-21-20-17(9-7-12-24-20)27-23(28-21)25-14-15-10-11-16(30-2)13-19(15)31-3/h7,9-13,18H,5-6,8,14H2,1-4H3,(H2,25,26,27,28)/t18-/m1/s1. The van der Waals surface area contributed by atoms with E-state index in [0.29, 0.717) is 47.3 Å². The van der Waals surface area contributed by atoms with Crippen LogP contribution in [0.3, 0.4) is 0 Å². The van der Waals surface area contributed by atoms with E-state index in [2.05, 4.69) is 32.5 Å². The fourth-order valence-electron chi connectivity index (χ4n) is 3.28. The molecule has 1 aromatic carbocycles. The molecular weight excluding hydrogens is 410 g/mol. The third-order valence-corrected chi connectivity index (χ3v) is 5.03. The molecule has 0 aliphatic heterocycles. The topological polar surface area (TPSA) is 107 Å². The Morgan fingerprint density at radius 1 is 1.12 bits per heavy atom. The molecule has 0 unspecified atom stereocenters. The highest BCUT2D eigenvalue weighted by Gasteiger charge is 2.21. The molecule has 3 aromatic rings. The quantitative estimate of drug-likeness (QED) is 0.431. The van der Waals surface area contributed by atoms with Crippen LogP contribution in [-0.4, -0.2) is 48.3 Å². The zero-order valence-electron chi connectivity index (χ0n) is 18.8. The summed E-state index contributed by atoms with van der Waals surface area (Å²) in [6.45, 7) is 2.51. The molecule has 9 heteroatoms. The maximum Gasteiger partial charge on any atom is 0.328 e. The first-order chi connectivity index (χ1) is 15.6. The van der Waals surface area contributed by atoms with Crippen LogP contribution in [0.5, 0.6) is 11.5 Å². The molecular formula is C23H29N5O4. The zero-order valence-corrected chi connectivity index (χ0v) is 18.8. The summed E-state index contributed by atoms with van der Waals surface area (Å²) in [5.74, 6) is 1.96. The van der Waals surface area contributed by atoms with Gasteiger partial charge in [-0.25, -0.2) is 9.78 Å². The number of nitrogens with zero attached hydrogens (tertiary/aromatic N) is 3. The van der Waals surface area contributed by atoms with Gasteiger partial charge in [-0.3, -0.25) is 4.98 Å². The summed E-state index contributed by atoms with van der Waals surface area (Å²) in [7, 11) is 4.61. The Bertz CT molecular complexity index is 1060. The molecule has 0 radical (unpaired) electrons. The lowest BCUT2D eigenvalue weighted by molar-refractivity contribution is -0.141. The molecule has 170 valence electrons. The highest BCUT2D eigenvalue weighted by molar-refractivity contribution is 5.88. The molecule has 0 saturated heterocycles. The average molecular weight is 440 g/mol. The van der Waals surface area contributed by atoms with Crippen LogP contribution in [0.15, 0.2) is 36.5 Å². The largest absolute Gasteiger partial charge is 0.497 e. The van der Waals surface area contributed by atoms with Crippen LogP contribution >= 0.6 is 0 Å². The zero-order chi connectivity index (χ0) is 22.9. The number of hydrogen-bond acceptors (Lipinski definition) is 9. The second-order valence-electron chi connectivity index (χ2n) is 7.16. The predicted molar refractivity (Wildman–Crippen MR) is 123 cm³/mol. The van der Waals surface area contributed by atoms with Crippen molar-refractivity contribution >= 4 is 28.8 Å². The van der Waals surface area contributed by atoms with Crippen LogP contribution in [0.25, 0.3) is 11.0 Å². The molecule has 9 nitrogen and oxygen atoms in total. The molecule has 0 spiro atoms. The van der Waals surface area contributed by atoms with E-state index >= 15 is 0 Å². The van der Waals surface area contributed by atoms with E-state index < -0.39 is 6.04 Å². The second-order valence-corrected chi connectivity index (χ2v) is 7.16. The van der Waals surface area contributed by atoms with E-state index in [1.54, 1.807) is 20.4 Å². The van der Waals surface area contributed by atoms with E-state index in [9.17, 15) is 4.79 Å². The molecule has 0 saturated carbocycles. The van der Waals surface area contributed by atoms with Gasteiger partial charge in [0.2, 0.25) is 5.95 Å². The van der Waals surface area contributed by atoms with Gasteiger partial charge in [0.25, 0.3) is 0 Å². The van der Waals surface area contributed by atoms with Crippen molar-refractivity contribution in [1.82, 2.24) is 15.0 Å². The Kier molecular flexibility index (Phi) is 8.02. The van der Waals surface area contributed by atoms with Gasteiger partial charge in [-0.15, -0.1) is 0 Å². The number of pyridine rings is 1. The number of methoxy groups -OCH3 is 3. The number of benzene rings is 1. The van der Waals surface area contributed by atoms with Gasteiger partial charge < -0.3 is 24.8 Å². The van der Waals surface area contributed by atoms with Crippen LogP contribution in [-0.2, 0) is 16.1 Å². The summed E-state index contributed by atoms with van der Waals surface area (Å²) in [5, 5.41) is 6.45. The van der Waals surface area contributed by atoms with Gasteiger partial charge in [-0.05, 0) is 30.7 Å². The van der Waals surface area contributed by atoms with Crippen molar-refractivity contribution < 1.29 is 19.0 Å². The van der Waals surface area contributed by atoms with Crippen molar-refractivity contribution in [3.63, 3.8) is 0 Å². The van der Waals surface area contributed by atoms with Crippen LogP contribution < -0.4 is 20.1 Å². The van der Waals surface area contributed by atoms with Crippen LogP contribution in [0.1, 0.15) is 31.7 Å². The molecule has 0 aliphatic carbocycles. The normalized spacial score (nSPS) is 11.6. The average Bonchev–Trinajstić information content (AvgIpc) is 2.84. The van der Waals surface area contributed by atoms with Gasteiger partial charge in [0.1, 0.15) is 23.1 Å². The first kappa shape index (κ1) is 23.1. The van der Waals surface area contributed by atoms with E-state index in [0.717, 1.165) is 18.4 Å². The number of unbranched alkanes of at least 4 members (excludes halogenated alkanes) is 1. The Labute approximate surface area is 187 Å². The lowest BCUT2D eigenvalue weighted by Gasteiger charge is -2.18. The lowest BCUT2D eigenvalue weighted by atomic mass is 10.1. The lowest BCUT2D eigenvalue weighted by Crippen LogP contribution is -2.31. The van der Waals surface area contributed by atoms with Gasteiger partial charge in [0.05, 0.1) is 26.8 Å². The molecule has 2 heterocycles. The maximum atomic E-state index is 12.3. The number of aromatic nitrogens is 3. The first-order valence-electron chi connectivity index (χ1n) is 10.5. The number of esters is 1. The summed E-state index contributed by atoms with van der Waals surface area (Å²) in [6, 6.07) is 8.76. The number of rotatable bonds is 11. The number of hydrogen-bond donors (Lipinski definition) is 2. The Hall–Kier alpha value is -3.62. The van der Waals surface area contributed by atoms with Crippen molar-refractivity contribution in [2.45, 2.75) is 38.8 Å². The highest BCUT2D eigenvalue weighted by atomic mass is 16.5. The van der Waals surface area contributed by atoms with Gasteiger partial charge in [-0.1, -0.05) is 19.8 Å². The van der Waals surface area contributed by atoms with Crippen LogP contribution in [0.2, 0.25) is 0 Å². The fraction of sp³-hybridized carbons (Fsp3) is 0.391. The minimum Gasteiger partial charge on any atom is -0.497 e. The fourth-order valence-corrected chi connectivity index (χ4v) is 3.28. The van der Waals surface area contributed by atoms with E-state index in [1.807, 2.05) is 30.3 Å². The van der Waals surface area contributed by atoms with Crippen molar-refractivity contribution in [2.75, 3.05) is 32.0 Å². The molecule has 0 bridgehead atoms. The summed E-state index contributed by atoms with van der Waals surface area (Å²) in [6.07, 6.45) is 4.15. The van der Waals surface area contributed by atoms with Crippen molar-refractivity contribution in [3.05, 3.63) is 42.1 Å². The number of carbonyl (C=O) groups is 1. The van der Waals surface area contributed by atoms with Crippen LogP contribution in [0, 0.1) is 0 Å². The maximum absolute atomic E-state index is 12.3. The van der Waals surface area contributed by atoms with Crippen LogP contribution in [0.4, 0.5) is 11.8 Å². The number of ether oxygens (including phenoxy) is 3. The molecule has 0 amide bonds. The van der Waals surface area contributed by atoms with Crippen molar-refractivity contribution in [1.29, 1.82) is 0 Å². The first-order valence-corrected chi connectivity index (χ1v) is 10.5. The molecule has 2 N–H and O–H groups in total. The summed E-state index contributed by atoms with van der Waals surface area (Å²) >= 11 is 0. The Morgan fingerprint density at radius 2 is 1.97 bits per heavy atom. The Balaban J connectivity index is 1.88. The number of nitrogens with one attached hydrogen (secondary N) is 2. The smallest absolute Gasteiger partial charge is 0.328 e. The number of fused-ring (bicyclic) bond motifs is 1. The molecule has 3 rings (SSSR count). The third-order valence-electron chi connectivity index (χ3n) is 5.03. The summed E-state index contributed by atoms with van der Waals surface area (Å²) in [4.78, 5) is 25.9. The Morgan fingerprint density at radius 3 is 2.69 bits per heavy atom. The molecule has 2 aromatic heterocycles. The second kappa shape index (κ2) is 11.1. The van der Waals surface area contributed by atoms with Crippen molar-refractivity contribution in [3.8, 4) is 11.5 Å². The number of carbonyl (C=O) groups excluding carboxylic acids is 1. The van der Waals surface area contributed by atoms with Gasteiger partial charge in [0.15, 0.2) is 5.82 Å². The van der Waals surface area contributed by atoms with E-state index in [4.69, 9.17) is 14.2 Å². The minimum absolute atomic E-state index is 0.335. The molecule has 1 atom stereocenters. The summed E-state index contributed by atoms with van der Waals surface area (Å²) in [5.41, 5.74) is 2.17. The predicted octanol–water partition coefficient (Wildman–Crippen LogP) is 3.80.